The Kier molecular flexibility index (Phi) is 2.48. The van der Waals surface area contributed by atoms with Crippen molar-refractivity contribution >= 4 is 5.78 Å². The van der Waals surface area contributed by atoms with Gasteiger partial charge in [-0.3, -0.25) is 4.79 Å². The minimum Gasteiger partial charge on any atom is -0.300 e. The van der Waals surface area contributed by atoms with Gasteiger partial charge in [0.1, 0.15) is 5.78 Å². The van der Waals surface area contributed by atoms with E-state index >= 15 is 0 Å². The van der Waals surface area contributed by atoms with E-state index in [-0.39, 0.29) is 0 Å². The lowest BCUT2D eigenvalue weighted by atomic mass is 9.79. The molecule has 0 heterocycles. The fourth-order valence-corrected chi connectivity index (χ4v) is 1.73. The molecule has 0 fully saturated rings. The summed E-state index contributed by atoms with van der Waals surface area (Å²) in [5.41, 5.74) is 1.38. The van der Waals surface area contributed by atoms with E-state index in [1.165, 1.54) is 5.57 Å². The fourth-order valence-electron chi connectivity index (χ4n) is 1.73. The second-order valence-corrected chi connectivity index (χ2v) is 3.68. The number of hydrogen-bond acceptors (Lipinski definition) is 1. The second-order valence-electron chi connectivity index (χ2n) is 3.68. The van der Waals surface area contributed by atoms with Crippen LogP contribution in [0, 0.1) is 11.8 Å². The third-order valence-electron chi connectivity index (χ3n) is 2.59. The molecule has 0 aromatic heterocycles. The van der Waals surface area contributed by atoms with Crippen LogP contribution in [0.15, 0.2) is 11.6 Å². The van der Waals surface area contributed by atoms with E-state index in [2.05, 4.69) is 19.9 Å². The molecule has 2 atom stereocenters. The number of hydrogen-bond donors (Lipinski definition) is 0. The molecule has 0 aromatic rings. The van der Waals surface area contributed by atoms with Crippen LogP contribution in [0.3, 0.4) is 0 Å². The minimum absolute atomic E-state index is 0.292. The first-order valence-electron chi connectivity index (χ1n) is 4.27. The molecule has 1 heteroatoms. The SMILES string of the molecule is CC(=O)C1CC(C)=CCC1C. The fraction of sp³-hybridized carbons (Fsp3) is 0.700. The molecular weight excluding hydrogens is 136 g/mol. The lowest BCUT2D eigenvalue weighted by molar-refractivity contribution is -0.122. The van der Waals surface area contributed by atoms with Crippen molar-refractivity contribution in [3.63, 3.8) is 0 Å². The van der Waals surface area contributed by atoms with Crippen molar-refractivity contribution in [1.82, 2.24) is 0 Å². The van der Waals surface area contributed by atoms with E-state index < -0.39 is 0 Å². The third-order valence-corrected chi connectivity index (χ3v) is 2.59. The number of Topliss-reactive ketones (excluding diaryl/α,β-unsaturated/α-hetero) is 1. The van der Waals surface area contributed by atoms with Crippen molar-refractivity contribution < 1.29 is 4.79 Å². The van der Waals surface area contributed by atoms with Crippen LogP contribution < -0.4 is 0 Å². The zero-order valence-electron chi connectivity index (χ0n) is 7.55. The largest absolute Gasteiger partial charge is 0.300 e. The molecule has 2 unspecified atom stereocenters. The van der Waals surface area contributed by atoms with Crippen LogP contribution in [0.4, 0.5) is 0 Å². The van der Waals surface area contributed by atoms with Gasteiger partial charge in [0.25, 0.3) is 0 Å². The Hall–Kier alpha value is -0.590. The zero-order valence-corrected chi connectivity index (χ0v) is 7.55. The number of carbonyl (C=O) groups excluding carboxylic acids is 1. The first kappa shape index (κ1) is 8.51. The Bertz CT molecular complexity index is 191. The van der Waals surface area contributed by atoms with Crippen molar-refractivity contribution in [2.75, 3.05) is 0 Å². The molecule has 0 amide bonds. The van der Waals surface area contributed by atoms with Gasteiger partial charge in [0.15, 0.2) is 0 Å². The van der Waals surface area contributed by atoms with Gasteiger partial charge in [0, 0.05) is 5.92 Å². The van der Waals surface area contributed by atoms with Crippen LogP contribution in [-0.2, 0) is 4.79 Å². The highest BCUT2D eigenvalue weighted by atomic mass is 16.1. The second kappa shape index (κ2) is 3.21. The van der Waals surface area contributed by atoms with Crippen LogP contribution >= 0.6 is 0 Å². The summed E-state index contributed by atoms with van der Waals surface area (Å²) in [5.74, 6) is 1.20. The predicted octanol–water partition coefficient (Wildman–Crippen LogP) is 2.57. The van der Waals surface area contributed by atoms with Gasteiger partial charge in [-0.2, -0.15) is 0 Å². The molecule has 0 saturated carbocycles. The first-order valence-corrected chi connectivity index (χ1v) is 4.27. The highest BCUT2D eigenvalue weighted by Gasteiger charge is 2.24. The van der Waals surface area contributed by atoms with E-state index in [1.807, 2.05) is 0 Å². The van der Waals surface area contributed by atoms with Gasteiger partial charge >= 0.3 is 0 Å². The number of allylic oxidation sites excluding steroid dienone is 2. The molecule has 1 aliphatic rings. The van der Waals surface area contributed by atoms with Crippen molar-refractivity contribution in [3.8, 4) is 0 Å². The lowest BCUT2D eigenvalue weighted by Gasteiger charge is -2.25. The summed E-state index contributed by atoms with van der Waals surface area (Å²) in [6, 6.07) is 0. The molecule has 0 radical (unpaired) electrons. The molecule has 62 valence electrons. The van der Waals surface area contributed by atoms with E-state index in [4.69, 9.17) is 0 Å². The van der Waals surface area contributed by atoms with E-state index in [1.54, 1.807) is 6.92 Å². The first-order chi connectivity index (χ1) is 5.11. The third kappa shape index (κ3) is 1.92. The Labute approximate surface area is 68.5 Å². The van der Waals surface area contributed by atoms with Crippen molar-refractivity contribution in [2.24, 2.45) is 11.8 Å². The summed E-state index contributed by atoms with van der Waals surface area (Å²) in [7, 11) is 0. The molecule has 1 rings (SSSR count). The van der Waals surface area contributed by atoms with E-state index in [0.717, 1.165) is 12.8 Å². The summed E-state index contributed by atoms with van der Waals surface area (Å²) in [6.07, 6.45) is 4.32. The van der Waals surface area contributed by atoms with Gasteiger partial charge in [-0.25, -0.2) is 0 Å². The predicted molar refractivity (Wildman–Crippen MR) is 46.3 cm³/mol. The quantitative estimate of drug-likeness (QED) is 0.528. The summed E-state index contributed by atoms with van der Waals surface area (Å²) >= 11 is 0. The maximum Gasteiger partial charge on any atom is 0.133 e. The number of carbonyl (C=O) groups is 1. The Balaban J connectivity index is 2.67. The Morgan fingerprint density at radius 2 is 2.27 bits per heavy atom. The van der Waals surface area contributed by atoms with E-state index in [9.17, 15) is 4.79 Å². The van der Waals surface area contributed by atoms with Crippen LogP contribution in [0.5, 0.6) is 0 Å². The normalized spacial score (nSPS) is 31.4. The molecule has 0 bridgehead atoms. The standard InChI is InChI=1S/C10H16O/c1-7-4-5-8(2)10(6-7)9(3)11/h4,8,10H,5-6H2,1-3H3. The van der Waals surface area contributed by atoms with Crippen LogP contribution in [0.25, 0.3) is 0 Å². The lowest BCUT2D eigenvalue weighted by Crippen LogP contribution is -2.22. The molecule has 0 spiro atoms. The molecule has 11 heavy (non-hydrogen) atoms. The summed E-state index contributed by atoms with van der Waals surface area (Å²) < 4.78 is 0. The van der Waals surface area contributed by atoms with Gasteiger partial charge in [-0.1, -0.05) is 18.6 Å². The summed E-state index contributed by atoms with van der Waals surface area (Å²) in [6.45, 7) is 5.98. The maximum atomic E-state index is 11.1. The van der Waals surface area contributed by atoms with E-state index in [0.29, 0.717) is 17.6 Å². The molecular formula is C10H16O. The Morgan fingerprint density at radius 1 is 1.64 bits per heavy atom. The van der Waals surface area contributed by atoms with Gasteiger partial charge < -0.3 is 0 Å². The molecule has 0 aromatic carbocycles. The molecule has 0 N–H and O–H groups in total. The van der Waals surface area contributed by atoms with Gasteiger partial charge in [0.05, 0.1) is 0 Å². The number of rotatable bonds is 1. The minimum atomic E-state index is 0.292. The number of ketones is 1. The average molecular weight is 152 g/mol. The van der Waals surface area contributed by atoms with Crippen LogP contribution in [-0.4, -0.2) is 5.78 Å². The summed E-state index contributed by atoms with van der Waals surface area (Å²) in [4.78, 5) is 11.1. The zero-order chi connectivity index (χ0) is 8.43. The topological polar surface area (TPSA) is 17.1 Å². The average Bonchev–Trinajstić information content (AvgIpc) is 1.94. The highest BCUT2D eigenvalue weighted by Crippen LogP contribution is 2.29. The smallest absolute Gasteiger partial charge is 0.133 e. The van der Waals surface area contributed by atoms with Gasteiger partial charge in [0.2, 0.25) is 0 Å². The van der Waals surface area contributed by atoms with Crippen molar-refractivity contribution in [2.45, 2.75) is 33.6 Å². The Morgan fingerprint density at radius 3 is 2.73 bits per heavy atom. The molecule has 0 saturated heterocycles. The molecule has 0 aliphatic heterocycles. The highest BCUT2D eigenvalue weighted by molar-refractivity contribution is 5.79. The maximum absolute atomic E-state index is 11.1. The summed E-state index contributed by atoms with van der Waals surface area (Å²) in [5, 5.41) is 0. The van der Waals surface area contributed by atoms with Gasteiger partial charge in [-0.15, -0.1) is 0 Å². The molecule has 1 nitrogen and oxygen atoms in total. The van der Waals surface area contributed by atoms with Crippen molar-refractivity contribution in [1.29, 1.82) is 0 Å². The van der Waals surface area contributed by atoms with Crippen LogP contribution in [0.1, 0.15) is 33.6 Å². The van der Waals surface area contributed by atoms with Crippen molar-refractivity contribution in [3.05, 3.63) is 11.6 Å². The van der Waals surface area contributed by atoms with Gasteiger partial charge in [-0.05, 0) is 32.6 Å². The van der Waals surface area contributed by atoms with Crippen LogP contribution in [0.2, 0.25) is 0 Å². The monoisotopic (exact) mass is 152 g/mol. The molecule has 1 aliphatic carbocycles.